The van der Waals surface area contributed by atoms with Gasteiger partial charge in [-0.2, -0.15) is 0 Å². The number of hydrogen-bond donors (Lipinski definition) is 1. The molecule has 1 nitrogen and oxygen atoms in total. The number of hydrogen-bond acceptors (Lipinski definition) is 1. The van der Waals surface area contributed by atoms with Crippen LogP contribution >= 0.6 is 0 Å². The molecule has 14 heavy (non-hydrogen) atoms. The molecule has 0 amide bonds. The van der Waals surface area contributed by atoms with E-state index in [0.717, 1.165) is 19.3 Å². The summed E-state index contributed by atoms with van der Waals surface area (Å²) in [5.41, 5.74) is 0. The zero-order valence-electron chi connectivity index (χ0n) is 9.26. The summed E-state index contributed by atoms with van der Waals surface area (Å²) in [6.07, 6.45) is 11.9. The molecular formula is C13H22O. The van der Waals surface area contributed by atoms with Crippen LogP contribution in [0.4, 0.5) is 0 Å². The second-order valence-corrected chi connectivity index (χ2v) is 3.35. The lowest BCUT2D eigenvalue weighted by Gasteiger charge is -1.90. The fourth-order valence-electron chi connectivity index (χ4n) is 1.10. The zero-order chi connectivity index (χ0) is 10.5. The number of aliphatic hydroxyl groups excluding tert-OH is 1. The molecule has 0 aromatic carbocycles. The van der Waals surface area contributed by atoms with Crippen LogP contribution in [0.2, 0.25) is 0 Å². The molecule has 0 aliphatic rings. The van der Waals surface area contributed by atoms with Crippen molar-refractivity contribution in [1.82, 2.24) is 0 Å². The molecule has 0 saturated heterocycles. The second kappa shape index (κ2) is 12.3. The van der Waals surface area contributed by atoms with Crippen LogP contribution < -0.4 is 0 Å². The number of aliphatic hydroxyl groups is 1. The average molecular weight is 194 g/mol. The van der Waals surface area contributed by atoms with Gasteiger partial charge in [-0.1, -0.05) is 37.8 Å². The molecule has 0 aromatic heterocycles. The van der Waals surface area contributed by atoms with Crippen molar-refractivity contribution in [3.63, 3.8) is 0 Å². The van der Waals surface area contributed by atoms with Gasteiger partial charge in [0.1, 0.15) is 0 Å². The average Bonchev–Trinajstić information content (AvgIpc) is 2.21. The lowest BCUT2D eigenvalue weighted by molar-refractivity contribution is 0.290. The highest BCUT2D eigenvalue weighted by Crippen LogP contribution is 1.99. The summed E-state index contributed by atoms with van der Waals surface area (Å²) < 4.78 is 0. The van der Waals surface area contributed by atoms with Crippen LogP contribution in [-0.4, -0.2) is 11.7 Å². The SMILES string of the molecule is CCCCC/C=C/CC#CCCCO. The maximum atomic E-state index is 8.51. The van der Waals surface area contributed by atoms with Gasteiger partial charge in [-0.3, -0.25) is 0 Å². The van der Waals surface area contributed by atoms with Gasteiger partial charge in [0.2, 0.25) is 0 Å². The molecule has 0 spiro atoms. The Kier molecular flexibility index (Phi) is 11.6. The van der Waals surface area contributed by atoms with Crippen molar-refractivity contribution in [2.75, 3.05) is 6.61 Å². The van der Waals surface area contributed by atoms with E-state index >= 15 is 0 Å². The predicted octanol–water partition coefficient (Wildman–Crippen LogP) is 3.29. The van der Waals surface area contributed by atoms with E-state index in [1.807, 2.05) is 0 Å². The van der Waals surface area contributed by atoms with Crippen molar-refractivity contribution in [3.05, 3.63) is 12.2 Å². The Balaban J connectivity index is 3.19. The van der Waals surface area contributed by atoms with Crippen molar-refractivity contribution < 1.29 is 5.11 Å². The van der Waals surface area contributed by atoms with Crippen LogP contribution in [0.5, 0.6) is 0 Å². The molecule has 0 heterocycles. The van der Waals surface area contributed by atoms with Gasteiger partial charge in [0.15, 0.2) is 0 Å². The predicted molar refractivity (Wildman–Crippen MR) is 62.0 cm³/mol. The minimum Gasteiger partial charge on any atom is -0.396 e. The molecule has 0 rings (SSSR count). The molecule has 0 unspecified atom stereocenters. The number of unbranched alkanes of at least 4 members (excludes halogenated alkanes) is 4. The Morgan fingerprint density at radius 2 is 1.93 bits per heavy atom. The molecule has 0 bridgehead atoms. The van der Waals surface area contributed by atoms with Crippen LogP contribution in [0.1, 0.15) is 51.9 Å². The van der Waals surface area contributed by atoms with Gasteiger partial charge in [-0.15, -0.1) is 5.92 Å². The summed E-state index contributed by atoms with van der Waals surface area (Å²) in [6.45, 7) is 2.47. The van der Waals surface area contributed by atoms with E-state index < -0.39 is 0 Å². The summed E-state index contributed by atoms with van der Waals surface area (Å²) in [5, 5.41) is 8.51. The van der Waals surface area contributed by atoms with Gasteiger partial charge >= 0.3 is 0 Å². The monoisotopic (exact) mass is 194 g/mol. The molecular weight excluding hydrogens is 172 g/mol. The fourth-order valence-corrected chi connectivity index (χ4v) is 1.10. The van der Waals surface area contributed by atoms with E-state index in [4.69, 9.17) is 5.11 Å². The second-order valence-electron chi connectivity index (χ2n) is 3.35. The Bertz CT molecular complexity index is 183. The first kappa shape index (κ1) is 13.3. The van der Waals surface area contributed by atoms with Crippen molar-refractivity contribution >= 4 is 0 Å². The standard InChI is InChI=1S/C13H22O/c1-2-3-4-5-6-7-8-9-10-11-12-13-14/h6-7,14H,2-5,8,11-13H2,1H3/b7-6+. The van der Waals surface area contributed by atoms with Crippen LogP contribution in [0.25, 0.3) is 0 Å². The quantitative estimate of drug-likeness (QED) is 0.374. The highest BCUT2D eigenvalue weighted by molar-refractivity contribution is 5.04. The molecule has 0 saturated carbocycles. The highest BCUT2D eigenvalue weighted by atomic mass is 16.2. The minimum atomic E-state index is 0.252. The summed E-state index contributed by atoms with van der Waals surface area (Å²) in [7, 11) is 0. The maximum Gasteiger partial charge on any atom is 0.0440 e. The first-order valence-corrected chi connectivity index (χ1v) is 5.63. The fraction of sp³-hybridized carbons (Fsp3) is 0.692. The lowest BCUT2D eigenvalue weighted by atomic mass is 10.2. The zero-order valence-corrected chi connectivity index (χ0v) is 9.26. The Morgan fingerprint density at radius 1 is 1.07 bits per heavy atom. The number of rotatable bonds is 7. The van der Waals surface area contributed by atoms with Crippen LogP contribution in [0.3, 0.4) is 0 Å². The van der Waals surface area contributed by atoms with E-state index in [1.54, 1.807) is 0 Å². The lowest BCUT2D eigenvalue weighted by Crippen LogP contribution is -1.78. The Labute approximate surface area is 88.2 Å². The van der Waals surface area contributed by atoms with Crippen molar-refractivity contribution in [2.45, 2.75) is 51.9 Å². The van der Waals surface area contributed by atoms with Crippen LogP contribution in [0, 0.1) is 11.8 Å². The maximum absolute atomic E-state index is 8.51. The summed E-state index contributed by atoms with van der Waals surface area (Å²) in [5.74, 6) is 6.09. The molecule has 0 aliphatic carbocycles. The Morgan fingerprint density at radius 3 is 2.64 bits per heavy atom. The van der Waals surface area contributed by atoms with Gasteiger partial charge in [0, 0.05) is 19.4 Å². The number of allylic oxidation sites excluding steroid dienone is 2. The third kappa shape index (κ3) is 11.3. The van der Waals surface area contributed by atoms with Gasteiger partial charge < -0.3 is 5.11 Å². The summed E-state index contributed by atoms with van der Waals surface area (Å²) in [4.78, 5) is 0. The van der Waals surface area contributed by atoms with Crippen molar-refractivity contribution in [2.24, 2.45) is 0 Å². The van der Waals surface area contributed by atoms with E-state index in [9.17, 15) is 0 Å². The Hall–Kier alpha value is -0.740. The van der Waals surface area contributed by atoms with Gasteiger partial charge in [0.25, 0.3) is 0 Å². The molecule has 0 atom stereocenters. The smallest absolute Gasteiger partial charge is 0.0440 e. The molecule has 1 heteroatoms. The topological polar surface area (TPSA) is 20.2 Å². The third-order valence-electron chi connectivity index (χ3n) is 1.95. The van der Waals surface area contributed by atoms with Crippen LogP contribution in [-0.2, 0) is 0 Å². The largest absolute Gasteiger partial charge is 0.396 e. The van der Waals surface area contributed by atoms with Gasteiger partial charge in [-0.25, -0.2) is 0 Å². The first-order chi connectivity index (χ1) is 6.91. The van der Waals surface area contributed by atoms with Crippen LogP contribution in [0.15, 0.2) is 12.2 Å². The summed E-state index contributed by atoms with van der Waals surface area (Å²) >= 11 is 0. The van der Waals surface area contributed by atoms with E-state index in [-0.39, 0.29) is 6.61 Å². The first-order valence-electron chi connectivity index (χ1n) is 5.63. The summed E-state index contributed by atoms with van der Waals surface area (Å²) in [6, 6.07) is 0. The van der Waals surface area contributed by atoms with E-state index in [1.165, 1.54) is 25.7 Å². The molecule has 0 radical (unpaired) electrons. The molecule has 80 valence electrons. The molecule has 0 fully saturated rings. The molecule has 1 N–H and O–H groups in total. The van der Waals surface area contributed by atoms with E-state index in [0.29, 0.717) is 0 Å². The molecule has 0 aliphatic heterocycles. The minimum absolute atomic E-state index is 0.252. The van der Waals surface area contributed by atoms with Gasteiger partial charge in [-0.05, 0) is 19.3 Å². The van der Waals surface area contributed by atoms with Crippen molar-refractivity contribution in [1.29, 1.82) is 0 Å². The highest BCUT2D eigenvalue weighted by Gasteiger charge is 1.80. The van der Waals surface area contributed by atoms with Crippen molar-refractivity contribution in [3.8, 4) is 11.8 Å². The third-order valence-corrected chi connectivity index (χ3v) is 1.95. The molecule has 0 aromatic rings. The normalized spacial score (nSPS) is 10.1. The van der Waals surface area contributed by atoms with E-state index in [2.05, 4.69) is 30.9 Å². The van der Waals surface area contributed by atoms with Gasteiger partial charge in [0.05, 0.1) is 0 Å².